The summed E-state index contributed by atoms with van der Waals surface area (Å²) in [4.78, 5) is 33.5. The molecular formula is C11H8N2O3. The smallest absolute Gasteiger partial charge is 0.273 e. The molecule has 80 valence electrons. The van der Waals surface area contributed by atoms with E-state index in [2.05, 4.69) is 0 Å². The average molecular weight is 216 g/mol. The van der Waals surface area contributed by atoms with E-state index in [4.69, 9.17) is 0 Å². The molecule has 1 aliphatic heterocycles. The van der Waals surface area contributed by atoms with Crippen molar-refractivity contribution < 1.29 is 14.4 Å². The van der Waals surface area contributed by atoms with Crippen LogP contribution in [0, 0.1) is 0 Å². The summed E-state index contributed by atoms with van der Waals surface area (Å²) in [5.74, 6) is -1.37. The highest BCUT2D eigenvalue weighted by atomic mass is 16.2. The van der Waals surface area contributed by atoms with Gasteiger partial charge in [0.25, 0.3) is 11.8 Å². The number of hydrogen-bond donors (Lipinski definition) is 2. The lowest BCUT2D eigenvalue weighted by atomic mass is 10.1. The van der Waals surface area contributed by atoms with Gasteiger partial charge in [-0.25, -0.2) is 4.79 Å². The minimum Gasteiger partial charge on any atom is -0.273 e. The first-order valence-electron chi connectivity index (χ1n) is 4.60. The molecule has 1 saturated heterocycles. The molecule has 0 aliphatic carbocycles. The molecule has 16 heavy (non-hydrogen) atoms. The van der Waals surface area contributed by atoms with Crippen LogP contribution >= 0.6 is 0 Å². The maximum Gasteiger partial charge on any atom is 0.328 e. The number of hydrogen-bond acceptors (Lipinski definition) is 3. The predicted octanol–water partition coefficient (Wildman–Crippen LogP) is 0.436. The summed E-state index contributed by atoms with van der Waals surface area (Å²) in [5.41, 5.74) is 0.642. The summed E-state index contributed by atoms with van der Waals surface area (Å²) in [5, 5.41) is 4.00. The van der Waals surface area contributed by atoms with Crippen LogP contribution < -0.4 is 10.6 Å². The van der Waals surface area contributed by atoms with Crippen LogP contribution in [0.2, 0.25) is 0 Å². The first kappa shape index (κ1) is 10.1. The van der Waals surface area contributed by atoms with Gasteiger partial charge in [-0.3, -0.25) is 20.2 Å². The molecule has 0 spiro atoms. The first-order valence-corrected chi connectivity index (χ1v) is 4.60. The van der Waals surface area contributed by atoms with Gasteiger partial charge in [0, 0.05) is 0 Å². The van der Waals surface area contributed by atoms with E-state index in [1.807, 2.05) is 16.7 Å². The number of benzene rings is 1. The van der Waals surface area contributed by atoms with Crippen molar-refractivity contribution in [3.05, 3.63) is 41.5 Å². The molecule has 0 aromatic heterocycles. The molecule has 1 heterocycles. The number of nitrogens with one attached hydrogen (secondary N) is 2. The van der Waals surface area contributed by atoms with Gasteiger partial charge < -0.3 is 0 Å². The van der Waals surface area contributed by atoms with Crippen LogP contribution in [0.25, 0.3) is 6.08 Å². The number of imide groups is 2. The fourth-order valence-corrected chi connectivity index (χ4v) is 1.32. The Labute approximate surface area is 91.1 Å². The van der Waals surface area contributed by atoms with E-state index in [-0.39, 0.29) is 5.57 Å². The van der Waals surface area contributed by atoms with Crippen LogP contribution in [-0.4, -0.2) is 17.8 Å². The predicted molar refractivity (Wildman–Crippen MR) is 56.1 cm³/mol. The minimum absolute atomic E-state index is 0.0780. The molecular weight excluding hydrogens is 208 g/mol. The largest absolute Gasteiger partial charge is 0.328 e. The zero-order valence-electron chi connectivity index (χ0n) is 8.19. The van der Waals surface area contributed by atoms with Gasteiger partial charge in [-0.15, -0.1) is 0 Å². The zero-order valence-corrected chi connectivity index (χ0v) is 8.19. The third-order valence-corrected chi connectivity index (χ3v) is 2.05. The molecule has 2 N–H and O–H groups in total. The highest BCUT2D eigenvalue weighted by Crippen LogP contribution is 2.08. The van der Waals surface area contributed by atoms with E-state index in [9.17, 15) is 14.4 Å². The monoisotopic (exact) mass is 216 g/mol. The van der Waals surface area contributed by atoms with E-state index < -0.39 is 17.8 Å². The maximum atomic E-state index is 11.4. The van der Waals surface area contributed by atoms with Gasteiger partial charge in [-0.2, -0.15) is 0 Å². The van der Waals surface area contributed by atoms with Crippen LogP contribution in [0.1, 0.15) is 5.56 Å². The molecule has 1 aromatic rings. The van der Waals surface area contributed by atoms with Crippen molar-refractivity contribution in [2.24, 2.45) is 0 Å². The highest BCUT2D eigenvalue weighted by Gasteiger charge is 2.27. The van der Waals surface area contributed by atoms with Crippen molar-refractivity contribution in [2.45, 2.75) is 0 Å². The molecule has 1 aliphatic rings. The fourth-order valence-electron chi connectivity index (χ4n) is 1.32. The van der Waals surface area contributed by atoms with Gasteiger partial charge in [0.1, 0.15) is 5.57 Å². The zero-order chi connectivity index (χ0) is 11.5. The molecule has 0 unspecified atom stereocenters. The third-order valence-electron chi connectivity index (χ3n) is 2.05. The standard InChI is InChI=1S/C11H8N2O3/c14-9-8(10(15)13-11(16)12-9)6-7-4-2-1-3-5-7/h1-6H,(H2,12,13,14,15,16). The Morgan fingerprint density at radius 3 is 2.00 bits per heavy atom. The van der Waals surface area contributed by atoms with E-state index in [1.54, 1.807) is 24.3 Å². The number of amides is 4. The lowest BCUT2D eigenvalue weighted by Gasteiger charge is -2.13. The number of urea groups is 1. The summed E-state index contributed by atoms with van der Waals surface area (Å²) in [6, 6.07) is 8.12. The van der Waals surface area contributed by atoms with E-state index in [0.717, 1.165) is 5.56 Å². The summed E-state index contributed by atoms with van der Waals surface area (Å²) in [7, 11) is 0. The van der Waals surface area contributed by atoms with Crippen molar-refractivity contribution in [1.29, 1.82) is 0 Å². The van der Waals surface area contributed by atoms with Crippen LogP contribution in [0.5, 0.6) is 0 Å². The summed E-state index contributed by atoms with van der Waals surface area (Å²) in [6.07, 6.45) is 1.43. The molecule has 4 amide bonds. The highest BCUT2D eigenvalue weighted by molar-refractivity contribution is 6.31. The average Bonchev–Trinajstić information content (AvgIpc) is 2.25. The Kier molecular flexibility index (Phi) is 2.51. The van der Waals surface area contributed by atoms with Gasteiger partial charge >= 0.3 is 6.03 Å². The maximum absolute atomic E-state index is 11.4. The molecule has 0 bridgehead atoms. The van der Waals surface area contributed by atoms with Gasteiger partial charge in [0.15, 0.2) is 0 Å². The molecule has 1 fully saturated rings. The van der Waals surface area contributed by atoms with Crippen molar-refractivity contribution >= 4 is 23.9 Å². The number of carbonyl (C=O) groups is 3. The number of barbiturate groups is 1. The number of carbonyl (C=O) groups excluding carboxylic acids is 3. The molecule has 0 saturated carbocycles. The van der Waals surface area contributed by atoms with Crippen molar-refractivity contribution in [3.8, 4) is 0 Å². The second kappa shape index (κ2) is 3.98. The fraction of sp³-hybridized carbons (Fsp3) is 0. The van der Waals surface area contributed by atoms with Crippen molar-refractivity contribution in [2.75, 3.05) is 0 Å². The Balaban J connectivity index is 2.33. The molecule has 5 heteroatoms. The van der Waals surface area contributed by atoms with Crippen LogP contribution in [0.3, 0.4) is 0 Å². The van der Waals surface area contributed by atoms with Crippen LogP contribution in [0.4, 0.5) is 4.79 Å². The van der Waals surface area contributed by atoms with Gasteiger partial charge in [-0.1, -0.05) is 30.3 Å². The Morgan fingerprint density at radius 2 is 1.44 bits per heavy atom. The molecule has 1 aromatic carbocycles. The second-order valence-corrected chi connectivity index (χ2v) is 3.21. The lowest BCUT2D eigenvalue weighted by Crippen LogP contribution is -2.51. The first-order chi connectivity index (χ1) is 7.66. The Morgan fingerprint density at radius 1 is 0.875 bits per heavy atom. The molecule has 5 nitrogen and oxygen atoms in total. The third kappa shape index (κ3) is 1.98. The van der Waals surface area contributed by atoms with Crippen LogP contribution in [0.15, 0.2) is 35.9 Å². The van der Waals surface area contributed by atoms with Crippen LogP contribution in [-0.2, 0) is 9.59 Å². The normalized spacial score (nSPS) is 15.5. The topological polar surface area (TPSA) is 75.3 Å². The van der Waals surface area contributed by atoms with Crippen molar-refractivity contribution in [3.63, 3.8) is 0 Å². The van der Waals surface area contributed by atoms with E-state index >= 15 is 0 Å². The lowest BCUT2D eigenvalue weighted by molar-refractivity contribution is -0.123. The van der Waals surface area contributed by atoms with E-state index in [0.29, 0.717) is 0 Å². The van der Waals surface area contributed by atoms with Gasteiger partial charge in [-0.05, 0) is 11.6 Å². The second-order valence-electron chi connectivity index (χ2n) is 3.21. The van der Waals surface area contributed by atoms with E-state index in [1.165, 1.54) is 6.08 Å². The van der Waals surface area contributed by atoms with Gasteiger partial charge in [0.05, 0.1) is 0 Å². The van der Waals surface area contributed by atoms with Gasteiger partial charge in [0.2, 0.25) is 0 Å². The number of rotatable bonds is 1. The molecule has 0 radical (unpaired) electrons. The molecule has 0 atom stereocenters. The Hall–Kier alpha value is -2.43. The quantitative estimate of drug-likeness (QED) is 0.528. The summed E-state index contributed by atoms with van der Waals surface area (Å²) in [6.45, 7) is 0. The minimum atomic E-state index is -0.791. The summed E-state index contributed by atoms with van der Waals surface area (Å²) < 4.78 is 0. The Bertz CT molecular complexity index is 469. The summed E-state index contributed by atoms with van der Waals surface area (Å²) >= 11 is 0. The van der Waals surface area contributed by atoms with Crippen molar-refractivity contribution in [1.82, 2.24) is 10.6 Å². The SMILES string of the molecule is O=C1NC(=O)C(=Cc2ccccc2)C(=O)N1. The molecule has 2 rings (SSSR count).